The van der Waals surface area contributed by atoms with Crippen molar-refractivity contribution in [1.82, 2.24) is 4.90 Å². The van der Waals surface area contributed by atoms with Gasteiger partial charge in [0.2, 0.25) is 0 Å². The molecule has 1 heterocycles. The smallest absolute Gasteiger partial charge is 0.161 e. The number of methoxy groups -OCH3 is 1. The number of rotatable bonds is 5. The van der Waals surface area contributed by atoms with Gasteiger partial charge in [-0.05, 0) is 49.0 Å². The van der Waals surface area contributed by atoms with Crippen molar-refractivity contribution in [1.29, 1.82) is 0 Å². The highest BCUT2D eigenvalue weighted by Gasteiger charge is 2.17. The van der Waals surface area contributed by atoms with Crippen molar-refractivity contribution in [2.75, 3.05) is 33.4 Å². The largest absolute Gasteiger partial charge is 0.493 e. The van der Waals surface area contributed by atoms with E-state index in [1.807, 2.05) is 6.07 Å². The van der Waals surface area contributed by atoms with Gasteiger partial charge in [-0.2, -0.15) is 0 Å². The van der Waals surface area contributed by atoms with E-state index >= 15 is 0 Å². The Morgan fingerprint density at radius 3 is 2.40 bits per heavy atom. The monoisotopic (exact) mass is 277 g/mol. The standard InChI is InChI=1S/C17H27NO2/c1-17(2,3)14-7-8-15(16(13-14)19-4)20-12-11-18-9-5-6-10-18/h7-8,13H,5-6,9-12H2,1-4H3. The van der Waals surface area contributed by atoms with Crippen molar-refractivity contribution >= 4 is 0 Å². The van der Waals surface area contributed by atoms with Crippen molar-refractivity contribution in [2.45, 2.75) is 39.0 Å². The lowest BCUT2D eigenvalue weighted by Crippen LogP contribution is -2.25. The van der Waals surface area contributed by atoms with Crippen molar-refractivity contribution in [3.8, 4) is 11.5 Å². The highest BCUT2D eigenvalue weighted by molar-refractivity contribution is 5.44. The molecule has 0 N–H and O–H groups in total. The molecule has 0 aliphatic carbocycles. The molecule has 112 valence electrons. The van der Waals surface area contributed by atoms with Crippen LogP contribution in [-0.2, 0) is 5.41 Å². The predicted octanol–water partition coefficient (Wildman–Crippen LogP) is 3.47. The molecule has 0 amide bonds. The summed E-state index contributed by atoms with van der Waals surface area (Å²) in [6.45, 7) is 10.8. The van der Waals surface area contributed by atoms with Crippen LogP contribution in [0.4, 0.5) is 0 Å². The van der Waals surface area contributed by atoms with Gasteiger partial charge in [-0.1, -0.05) is 26.8 Å². The molecule has 0 atom stereocenters. The summed E-state index contributed by atoms with van der Waals surface area (Å²) in [5, 5.41) is 0. The molecule has 1 fully saturated rings. The summed E-state index contributed by atoms with van der Waals surface area (Å²) in [6, 6.07) is 6.25. The van der Waals surface area contributed by atoms with E-state index in [-0.39, 0.29) is 5.41 Å². The molecule has 1 aromatic carbocycles. The highest BCUT2D eigenvalue weighted by Crippen LogP contribution is 2.33. The summed E-state index contributed by atoms with van der Waals surface area (Å²) < 4.78 is 11.4. The Bertz CT molecular complexity index is 431. The van der Waals surface area contributed by atoms with Crippen LogP contribution in [0.15, 0.2) is 18.2 Å². The zero-order chi connectivity index (χ0) is 14.6. The van der Waals surface area contributed by atoms with Crippen LogP contribution in [-0.4, -0.2) is 38.3 Å². The first kappa shape index (κ1) is 15.2. The molecule has 20 heavy (non-hydrogen) atoms. The van der Waals surface area contributed by atoms with Gasteiger partial charge in [-0.15, -0.1) is 0 Å². The number of likely N-dealkylation sites (tertiary alicyclic amines) is 1. The number of hydrogen-bond acceptors (Lipinski definition) is 3. The normalized spacial score (nSPS) is 16.4. The van der Waals surface area contributed by atoms with Crippen molar-refractivity contribution in [3.63, 3.8) is 0 Å². The molecule has 0 unspecified atom stereocenters. The topological polar surface area (TPSA) is 21.7 Å². The molecule has 0 bridgehead atoms. The molecule has 1 aliphatic rings. The Morgan fingerprint density at radius 1 is 1.10 bits per heavy atom. The van der Waals surface area contributed by atoms with Gasteiger partial charge in [-0.3, -0.25) is 4.90 Å². The van der Waals surface area contributed by atoms with Gasteiger partial charge < -0.3 is 9.47 Å². The lowest BCUT2D eigenvalue weighted by atomic mass is 9.87. The third-order valence-electron chi connectivity index (χ3n) is 3.89. The summed E-state index contributed by atoms with van der Waals surface area (Å²) in [7, 11) is 1.70. The number of ether oxygens (including phenoxy) is 2. The van der Waals surface area contributed by atoms with E-state index in [1.54, 1.807) is 7.11 Å². The summed E-state index contributed by atoms with van der Waals surface area (Å²) >= 11 is 0. The van der Waals surface area contributed by atoms with Crippen molar-refractivity contribution in [2.24, 2.45) is 0 Å². The van der Waals surface area contributed by atoms with Crippen molar-refractivity contribution < 1.29 is 9.47 Å². The van der Waals surface area contributed by atoms with Crippen LogP contribution in [0.5, 0.6) is 11.5 Å². The molecule has 0 aromatic heterocycles. The second-order valence-electron chi connectivity index (χ2n) is 6.51. The minimum Gasteiger partial charge on any atom is -0.493 e. The van der Waals surface area contributed by atoms with Crippen molar-refractivity contribution in [3.05, 3.63) is 23.8 Å². The first-order valence-electron chi connectivity index (χ1n) is 7.54. The molecule has 0 spiro atoms. The van der Waals surface area contributed by atoms with Gasteiger partial charge in [0.15, 0.2) is 11.5 Å². The molecule has 3 nitrogen and oxygen atoms in total. The van der Waals surface area contributed by atoms with E-state index in [1.165, 1.54) is 31.5 Å². The van der Waals surface area contributed by atoms with Crippen LogP contribution in [0, 0.1) is 0 Å². The van der Waals surface area contributed by atoms with Crippen LogP contribution in [0.2, 0.25) is 0 Å². The fourth-order valence-electron chi connectivity index (χ4n) is 2.54. The van der Waals surface area contributed by atoms with Gasteiger partial charge in [0.25, 0.3) is 0 Å². The van der Waals surface area contributed by atoms with Gasteiger partial charge in [0, 0.05) is 6.54 Å². The second kappa shape index (κ2) is 6.49. The van der Waals surface area contributed by atoms with E-state index in [0.29, 0.717) is 0 Å². The van der Waals surface area contributed by atoms with Gasteiger partial charge in [0.1, 0.15) is 6.61 Å². The molecule has 0 radical (unpaired) electrons. The Hall–Kier alpha value is -1.22. The summed E-state index contributed by atoms with van der Waals surface area (Å²) in [5.74, 6) is 1.68. The van der Waals surface area contributed by atoms with Gasteiger partial charge in [-0.25, -0.2) is 0 Å². The average molecular weight is 277 g/mol. The highest BCUT2D eigenvalue weighted by atomic mass is 16.5. The third kappa shape index (κ3) is 3.89. The zero-order valence-electron chi connectivity index (χ0n) is 13.2. The van der Waals surface area contributed by atoms with Crippen LogP contribution < -0.4 is 9.47 Å². The lowest BCUT2D eigenvalue weighted by Gasteiger charge is -2.21. The maximum absolute atomic E-state index is 5.89. The quantitative estimate of drug-likeness (QED) is 0.822. The fraction of sp³-hybridized carbons (Fsp3) is 0.647. The summed E-state index contributed by atoms with van der Waals surface area (Å²) in [5.41, 5.74) is 1.39. The van der Waals surface area contributed by atoms with Crippen LogP contribution in [0.25, 0.3) is 0 Å². The Kier molecular flexibility index (Phi) is 4.92. The van der Waals surface area contributed by atoms with Crippen LogP contribution >= 0.6 is 0 Å². The van der Waals surface area contributed by atoms with Gasteiger partial charge >= 0.3 is 0 Å². The number of nitrogens with zero attached hydrogens (tertiary/aromatic N) is 1. The summed E-state index contributed by atoms with van der Waals surface area (Å²) in [4.78, 5) is 2.45. The number of hydrogen-bond donors (Lipinski definition) is 0. The molecule has 0 saturated carbocycles. The minimum atomic E-state index is 0.126. The Balaban J connectivity index is 1.96. The Morgan fingerprint density at radius 2 is 1.80 bits per heavy atom. The molecule has 1 aromatic rings. The second-order valence-corrected chi connectivity index (χ2v) is 6.51. The molecular weight excluding hydrogens is 250 g/mol. The van der Waals surface area contributed by atoms with Gasteiger partial charge in [0.05, 0.1) is 7.11 Å². The fourth-order valence-corrected chi connectivity index (χ4v) is 2.54. The molecule has 1 saturated heterocycles. The summed E-state index contributed by atoms with van der Waals surface area (Å²) in [6.07, 6.45) is 2.65. The van der Waals surface area contributed by atoms with E-state index in [9.17, 15) is 0 Å². The molecule has 1 aliphatic heterocycles. The first-order chi connectivity index (χ1) is 9.50. The molecule has 3 heteroatoms. The predicted molar refractivity (Wildman–Crippen MR) is 82.9 cm³/mol. The SMILES string of the molecule is COc1cc(C(C)(C)C)ccc1OCCN1CCCC1. The Labute approximate surface area is 122 Å². The van der Waals surface area contributed by atoms with E-state index in [0.717, 1.165) is 24.7 Å². The third-order valence-corrected chi connectivity index (χ3v) is 3.89. The average Bonchev–Trinajstić information content (AvgIpc) is 2.91. The first-order valence-corrected chi connectivity index (χ1v) is 7.54. The lowest BCUT2D eigenvalue weighted by molar-refractivity contribution is 0.230. The van der Waals surface area contributed by atoms with Crippen LogP contribution in [0.1, 0.15) is 39.2 Å². The minimum absolute atomic E-state index is 0.126. The number of benzene rings is 1. The van der Waals surface area contributed by atoms with Crippen LogP contribution in [0.3, 0.4) is 0 Å². The van der Waals surface area contributed by atoms with E-state index < -0.39 is 0 Å². The molecular formula is C17H27NO2. The zero-order valence-corrected chi connectivity index (χ0v) is 13.2. The molecule has 2 rings (SSSR count). The maximum Gasteiger partial charge on any atom is 0.161 e. The van der Waals surface area contributed by atoms with E-state index in [2.05, 4.69) is 37.8 Å². The maximum atomic E-state index is 5.89. The van der Waals surface area contributed by atoms with E-state index in [4.69, 9.17) is 9.47 Å².